The molecule has 25 heavy (non-hydrogen) atoms. The molecule has 1 saturated carbocycles. The van der Waals surface area contributed by atoms with E-state index in [2.05, 4.69) is 11.1 Å². The summed E-state index contributed by atoms with van der Waals surface area (Å²) >= 11 is 0. The van der Waals surface area contributed by atoms with Crippen LogP contribution in [0.5, 0.6) is 17.5 Å². The lowest BCUT2D eigenvalue weighted by atomic mass is 10.1. The van der Waals surface area contributed by atoms with Crippen LogP contribution in [0.25, 0.3) is 0 Å². The molecule has 1 fully saturated rings. The van der Waals surface area contributed by atoms with Crippen LogP contribution >= 0.6 is 0 Å². The highest BCUT2D eigenvalue weighted by Gasteiger charge is 2.22. The second-order valence-corrected chi connectivity index (χ2v) is 6.26. The van der Waals surface area contributed by atoms with Crippen molar-refractivity contribution in [3.63, 3.8) is 0 Å². The first-order valence-electron chi connectivity index (χ1n) is 8.41. The third-order valence-electron chi connectivity index (χ3n) is 4.54. The number of aliphatic hydroxyl groups excluding tert-OH is 1. The second-order valence-electron chi connectivity index (χ2n) is 6.26. The van der Waals surface area contributed by atoms with Crippen LogP contribution in [-0.4, -0.2) is 16.2 Å². The van der Waals surface area contributed by atoms with E-state index in [1.807, 2.05) is 6.07 Å². The highest BCUT2D eigenvalue weighted by Crippen LogP contribution is 2.33. The molecule has 1 aromatic carbocycles. The summed E-state index contributed by atoms with van der Waals surface area (Å²) in [5.41, 5.74) is 2.05. The summed E-state index contributed by atoms with van der Waals surface area (Å²) in [6.07, 6.45) is 3.52. The standard InChI is InChI=1S/C19H18N2O4/c20-10-12-5-8-17(21-18(12)25-14-3-1-2-4-14)24-15-6-7-16-13(9-15)11-23-19(16)22/h5-9,14,19,22H,1-4,11H2. The van der Waals surface area contributed by atoms with Crippen molar-refractivity contribution in [2.24, 2.45) is 0 Å². The van der Waals surface area contributed by atoms with Gasteiger partial charge in [0.1, 0.15) is 23.5 Å². The van der Waals surface area contributed by atoms with Crippen molar-refractivity contribution in [2.75, 3.05) is 0 Å². The van der Waals surface area contributed by atoms with Gasteiger partial charge in [0, 0.05) is 11.6 Å². The van der Waals surface area contributed by atoms with E-state index in [0.717, 1.165) is 36.8 Å². The van der Waals surface area contributed by atoms with Gasteiger partial charge in [-0.05, 0) is 55.5 Å². The lowest BCUT2D eigenvalue weighted by molar-refractivity contribution is -0.0918. The van der Waals surface area contributed by atoms with E-state index in [1.165, 1.54) is 0 Å². The van der Waals surface area contributed by atoms with E-state index in [-0.39, 0.29) is 6.10 Å². The van der Waals surface area contributed by atoms with Crippen molar-refractivity contribution in [1.29, 1.82) is 5.26 Å². The van der Waals surface area contributed by atoms with Crippen LogP contribution in [0.1, 0.15) is 48.7 Å². The highest BCUT2D eigenvalue weighted by molar-refractivity contribution is 5.43. The fourth-order valence-corrected chi connectivity index (χ4v) is 3.21. The smallest absolute Gasteiger partial charge is 0.235 e. The number of hydrogen-bond donors (Lipinski definition) is 1. The van der Waals surface area contributed by atoms with Crippen LogP contribution in [0.4, 0.5) is 0 Å². The monoisotopic (exact) mass is 338 g/mol. The number of ether oxygens (including phenoxy) is 3. The van der Waals surface area contributed by atoms with Gasteiger partial charge in [-0.25, -0.2) is 0 Å². The minimum Gasteiger partial charge on any atom is -0.473 e. The molecule has 6 nitrogen and oxygen atoms in total. The summed E-state index contributed by atoms with van der Waals surface area (Å²) in [5, 5.41) is 18.9. The summed E-state index contributed by atoms with van der Waals surface area (Å²) in [7, 11) is 0. The minimum absolute atomic E-state index is 0.119. The third-order valence-corrected chi connectivity index (χ3v) is 4.54. The van der Waals surface area contributed by atoms with Gasteiger partial charge in [0.15, 0.2) is 6.29 Å². The van der Waals surface area contributed by atoms with Crippen molar-refractivity contribution in [2.45, 2.75) is 44.7 Å². The Balaban J connectivity index is 1.55. The molecule has 6 heteroatoms. The zero-order valence-corrected chi connectivity index (χ0v) is 13.6. The van der Waals surface area contributed by atoms with Crippen LogP contribution in [-0.2, 0) is 11.3 Å². The molecular weight excluding hydrogens is 320 g/mol. The lowest BCUT2D eigenvalue weighted by Crippen LogP contribution is -2.13. The molecule has 1 N–H and O–H groups in total. The molecule has 0 bridgehead atoms. The summed E-state index contributed by atoms with van der Waals surface area (Å²) < 4.78 is 16.9. The Morgan fingerprint density at radius 1 is 1.20 bits per heavy atom. The van der Waals surface area contributed by atoms with Crippen LogP contribution < -0.4 is 9.47 Å². The molecule has 1 atom stereocenters. The van der Waals surface area contributed by atoms with Crippen LogP contribution in [0.15, 0.2) is 30.3 Å². The maximum absolute atomic E-state index is 9.67. The lowest BCUT2D eigenvalue weighted by Gasteiger charge is -2.14. The largest absolute Gasteiger partial charge is 0.473 e. The molecule has 1 aliphatic carbocycles. The van der Waals surface area contributed by atoms with Crippen molar-refractivity contribution in [3.05, 3.63) is 47.0 Å². The van der Waals surface area contributed by atoms with E-state index in [0.29, 0.717) is 29.7 Å². The van der Waals surface area contributed by atoms with Crippen LogP contribution in [0.3, 0.4) is 0 Å². The van der Waals surface area contributed by atoms with Crippen molar-refractivity contribution < 1.29 is 19.3 Å². The highest BCUT2D eigenvalue weighted by atomic mass is 16.6. The Morgan fingerprint density at radius 3 is 2.84 bits per heavy atom. The third kappa shape index (κ3) is 3.29. The van der Waals surface area contributed by atoms with E-state index in [1.54, 1.807) is 24.3 Å². The molecule has 0 radical (unpaired) electrons. The van der Waals surface area contributed by atoms with Gasteiger partial charge in [-0.1, -0.05) is 0 Å². The first-order valence-corrected chi connectivity index (χ1v) is 8.41. The van der Waals surface area contributed by atoms with E-state index < -0.39 is 6.29 Å². The molecule has 0 saturated heterocycles. The van der Waals surface area contributed by atoms with E-state index in [4.69, 9.17) is 14.2 Å². The molecule has 0 amide bonds. The predicted octanol–water partition coefficient (Wildman–Crippen LogP) is 3.59. The zero-order chi connectivity index (χ0) is 17.2. The first-order chi connectivity index (χ1) is 12.2. The van der Waals surface area contributed by atoms with Crippen molar-refractivity contribution in [1.82, 2.24) is 4.98 Å². The molecular formula is C19H18N2O4. The average molecular weight is 338 g/mol. The number of fused-ring (bicyclic) bond motifs is 1. The normalized spacial score (nSPS) is 19.4. The van der Waals surface area contributed by atoms with Crippen molar-refractivity contribution >= 4 is 0 Å². The number of rotatable bonds is 4. The number of nitrogens with zero attached hydrogens (tertiary/aromatic N) is 2. The molecule has 2 aliphatic rings. The van der Waals surface area contributed by atoms with Crippen LogP contribution in [0.2, 0.25) is 0 Å². The van der Waals surface area contributed by atoms with Gasteiger partial charge in [-0.15, -0.1) is 0 Å². The predicted molar refractivity (Wildman–Crippen MR) is 88.1 cm³/mol. The fraction of sp³-hybridized carbons (Fsp3) is 0.368. The molecule has 1 aliphatic heterocycles. The van der Waals surface area contributed by atoms with E-state index in [9.17, 15) is 10.4 Å². The maximum atomic E-state index is 9.67. The van der Waals surface area contributed by atoms with Gasteiger partial charge >= 0.3 is 0 Å². The molecule has 2 heterocycles. The summed E-state index contributed by atoms with van der Waals surface area (Å²) in [4.78, 5) is 4.36. The Hall–Kier alpha value is -2.62. The van der Waals surface area contributed by atoms with Gasteiger partial charge in [0.05, 0.1) is 6.61 Å². The number of aliphatic hydroxyl groups is 1. The zero-order valence-electron chi connectivity index (χ0n) is 13.6. The number of benzene rings is 1. The Morgan fingerprint density at radius 2 is 2.04 bits per heavy atom. The molecule has 0 spiro atoms. The van der Waals surface area contributed by atoms with Gasteiger partial charge in [-0.2, -0.15) is 10.2 Å². The second kappa shape index (κ2) is 6.71. The summed E-state index contributed by atoms with van der Waals surface area (Å²) in [6.45, 7) is 0.352. The Kier molecular flexibility index (Phi) is 4.26. The van der Waals surface area contributed by atoms with Crippen LogP contribution in [0, 0.1) is 11.3 Å². The number of nitriles is 1. The molecule has 128 valence electrons. The fourth-order valence-electron chi connectivity index (χ4n) is 3.21. The first kappa shape index (κ1) is 15.9. The summed E-state index contributed by atoms with van der Waals surface area (Å²) in [6, 6.07) is 10.8. The molecule has 1 unspecified atom stereocenters. The van der Waals surface area contributed by atoms with Crippen molar-refractivity contribution in [3.8, 4) is 23.6 Å². The average Bonchev–Trinajstić information content (AvgIpc) is 3.25. The molecule has 4 rings (SSSR count). The quantitative estimate of drug-likeness (QED) is 0.917. The van der Waals surface area contributed by atoms with Gasteiger partial charge in [0.25, 0.3) is 0 Å². The topological polar surface area (TPSA) is 84.6 Å². The molecule has 1 aromatic heterocycles. The number of aromatic nitrogens is 1. The van der Waals surface area contributed by atoms with Gasteiger partial charge in [-0.3, -0.25) is 0 Å². The molecule has 2 aromatic rings. The Labute approximate surface area is 145 Å². The summed E-state index contributed by atoms with van der Waals surface area (Å²) in [5.74, 6) is 1.29. The van der Waals surface area contributed by atoms with Gasteiger partial charge < -0.3 is 19.3 Å². The number of hydrogen-bond acceptors (Lipinski definition) is 6. The SMILES string of the molecule is N#Cc1ccc(Oc2ccc3c(c2)COC3O)nc1OC1CCCC1. The minimum atomic E-state index is -0.872. The van der Waals surface area contributed by atoms with E-state index >= 15 is 0 Å². The van der Waals surface area contributed by atoms with Gasteiger partial charge in [0.2, 0.25) is 11.8 Å². The Bertz CT molecular complexity index is 825. The number of pyridine rings is 1. The maximum Gasteiger partial charge on any atom is 0.235 e.